The zero-order valence-electron chi connectivity index (χ0n) is 5.62. The van der Waals surface area contributed by atoms with Gasteiger partial charge in [0, 0.05) is 13.1 Å². The first-order valence-electron chi connectivity index (χ1n) is 3.37. The Bertz CT molecular complexity index is 110. The van der Waals surface area contributed by atoms with Crippen molar-refractivity contribution in [1.29, 1.82) is 0 Å². The van der Waals surface area contributed by atoms with Gasteiger partial charge in [-0.1, -0.05) is 13.8 Å². The van der Waals surface area contributed by atoms with Crippen LogP contribution >= 0.6 is 0 Å². The highest BCUT2D eigenvalue weighted by Gasteiger charge is 2.63. The molecule has 0 radical (unpaired) electrons. The van der Waals surface area contributed by atoms with Crippen molar-refractivity contribution in [1.82, 2.24) is 5.32 Å². The molecule has 0 aromatic heterocycles. The molecule has 1 heterocycles. The maximum atomic E-state index is 3.40. The molecule has 1 aliphatic carbocycles. The lowest BCUT2D eigenvalue weighted by Gasteiger charge is -2.02. The molecule has 2 atom stereocenters. The van der Waals surface area contributed by atoms with Gasteiger partial charge in [0.1, 0.15) is 0 Å². The molecule has 1 N–H and O–H groups in total. The molecule has 0 aromatic carbocycles. The second-order valence-electron chi connectivity index (χ2n) is 3.90. The number of nitrogens with one attached hydrogen (secondary N) is 1. The van der Waals surface area contributed by atoms with E-state index < -0.39 is 0 Å². The van der Waals surface area contributed by atoms with Gasteiger partial charge in [-0.25, -0.2) is 0 Å². The minimum Gasteiger partial charge on any atom is -0.316 e. The lowest BCUT2D eigenvalue weighted by molar-refractivity contribution is 0.494. The van der Waals surface area contributed by atoms with Crippen LogP contribution < -0.4 is 5.32 Å². The van der Waals surface area contributed by atoms with E-state index in [0.717, 1.165) is 0 Å². The minimum atomic E-state index is 0.688. The van der Waals surface area contributed by atoms with Gasteiger partial charge < -0.3 is 5.32 Å². The fourth-order valence-corrected chi connectivity index (χ4v) is 1.98. The summed E-state index contributed by atoms with van der Waals surface area (Å²) in [5.74, 6) is 0. The number of hydrogen-bond acceptors (Lipinski definition) is 1. The zero-order valence-corrected chi connectivity index (χ0v) is 5.62. The Labute approximate surface area is 50.5 Å². The van der Waals surface area contributed by atoms with E-state index >= 15 is 0 Å². The van der Waals surface area contributed by atoms with Crippen molar-refractivity contribution in [3.8, 4) is 0 Å². The van der Waals surface area contributed by atoms with Crippen LogP contribution in [-0.2, 0) is 0 Å². The number of rotatable bonds is 0. The molecule has 0 amide bonds. The van der Waals surface area contributed by atoms with E-state index in [4.69, 9.17) is 0 Å². The standard InChI is InChI=1S/C7H13N/c1-6-3-7(6,2)5-8-4-6/h8H,3-5H2,1-2H3. The highest BCUT2D eigenvalue weighted by Crippen LogP contribution is 2.65. The summed E-state index contributed by atoms with van der Waals surface area (Å²) >= 11 is 0. The van der Waals surface area contributed by atoms with Gasteiger partial charge in [-0.2, -0.15) is 0 Å². The summed E-state index contributed by atoms with van der Waals surface area (Å²) in [5.41, 5.74) is 1.38. The number of fused-ring (bicyclic) bond motifs is 1. The third kappa shape index (κ3) is 0.334. The molecule has 8 heavy (non-hydrogen) atoms. The largest absolute Gasteiger partial charge is 0.316 e. The Kier molecular flexibility index (Phi) is 0.583. The Morgan fingerprint density at radius 1 is 1.12 bits per heavy atom. The van der Waals surface area contributed by atoms with Gasteiger partial charge in [0.25, 0.3) is 0 Å². The van der Waals surface area contributed by atoms with E-state index in [1.165, 1.54) is 19.5 Å². The molecule has 1 nitrogen and oxygen atoms in total. The van der Waals surface area contributed by atoms with Crippen molar-refractivity contribution >= 4 is 0 Å². The SMILES string of the molecule is CC12CNCC1(C)C2. The molecule has 1 saturated heterocycles. The molecule has 1 heteroatoms. The molecule has 2 rings (SSSR count). The summed E-state index contributed by atoms with van der Waals surface area (Å²) in [5, 5.41) is 3.40. The van der Waals surface area contributed by atoms with E-state index in [2.05, 4.69) is 19.2 Å². The van der Waals surface area contributed by atoms with Crippen molar-refractivity contribution in [2.24, 2.45) is 10.8 Å². The Morgan fingerprint density at radius 2 is 1.62 bits per heavy atom. The molecule has 0 bridgehead atoms. The molecule has 1 aliphatic heterocycles. The van der Waals surface area contributed by atoms with Crippen LogP contribution in [-0.4, -0.2) is 13.1 Å². The smallest absolute Gasteiger partial charge is 0.00113 e. The van der Waals surface area contributed by atoms with Crippen LogP contribution in [0.25, 0.3) is 0 Å². The molecule has 0 aromatic rings. The molecule has 2 aliphatic rings. The Morgan fingerprint density at radius 3 is 1.75 bits per heavy atom. The van der Waals surface area contributed by atoms with E-state index in [0.29, 0.717) is 10.8 Å². The normalized spacial score (nSPS) is 60.8. The maximum Gasteiger partial charge on any atom is 0.00113 e. The summed E-state index contributed by atoms with van der Waals surface area (Å²) in [6, 6.07) is 0. The molecule has 46 valence electrons. The van der Waals surface area contributed by atoms with Gasteiger partial charge in [0.05, 0.1) is 0 Å². The van der Waals surface area contributed by atoms with Gasteiger partial charge in [0.15, 0.2) is 0 Å². The van der Waals surface area contributed by atoms with Gasteiger partial charge in [-0.3, -0.25) is 0 Å². The first-order chi connectivity index (χ1) is 3.66. The van der Waals surface area contributed by atoms with Crippen molar-refractivity contribution in [3.63, 3.8) is 0 Å². The number of piperidine rings is 1. The van der Waals surface area contributed by atoms with Crippen LogP contribution in [0.15, 0.2) is 0 Å². The van der Waals surface area contributed by atoms with Crippen LogP contribution in [0.1, 0.15) is 20.3 Å². The van der Waals surface area contributed by atoms with Gasteiger partial charge in [-0.15, -0.1) is 0 Å². The first kappa shape index (κ1) is 4.80. The van der Waals surface area contributed by atoms with Crippen molar-refractivity contribution in [3.05, 3.63) is 0 Å². The van der Waals surface area contributed by atoms with Crippen LogP contribution in [0, 0.1) is 10.8 Å². The van der Waals surface area contributed by atoms with E-state index in [9.17, 15) is 0 Å². The molecule has 2 unspecified atom stereocenters. The summed E-state index contributed by atoms with van der Waals surface area (Å²) in [7, 11) is 0. The molecular formula is C7H13N. The predicted octanol–water partition coefficient (Wildman–Crippen LogP) is 1.01. The van der Waals surface area contributed by atoms with E-state index in [1.807, 2.05) is 0 Å². The summed E-state index contributed by atoms with van der Waals surface area (Å²) < 4.78 is 0. The van der Waals surface area contributed by atoms with Gasteiger partial charge in [-0.05, 0) is 17.3 Å². The second kappa shape index (κ2) is 0.971. The van der Waals surface area contributed by atoms with E-state index in [1.54, 1.807) is 0 Å². The fourth-order valence-electron chi connectivity index (χ4n) is 1.98. The summed E-state index contributed by atoms with van der Waals surface area (Å²) in [4.78, 5) is 0. The predicted molar refractivity (Wildman–Crippen MR) is 33.7 cm³/mol. The van der Waals surface area contributed by atoms with Crippen molar-refractivity contribution in [2.75, 3.05) is 13.1 Å². The highest BCUT2D eigenvalue weighted by molar-refractivity contribution is 5.15. The Balaban J connectivity index is 2.26. The molecule has 1 saturated carbocycles. The maximum absolute atomic E-state index is 3.40. The summed E-state index contributed by atoms with van der Waals surface area (Å²) in [6.45, 7) is 7.27. The Hall–Kier alpha value is -0.0400. The molecule has 0 spiro atoms. The van der Waals surface area contributed by atoms with Gasteiger partial charge in [0.2, 0.25) is 0 Å². The fraction of sp³-hybridized carbons (Fsp3) is 1.00. The zero-order chi connectivity index (χ0) is 5.83. The van der Waals surface area contributed by atoms with Crippen molar-refractivity contribution < 1.29 is 0 Å². The highest BCUT2D eigenvalue weighted by atomic mass is 15.0. The second-order valence-corrected chi connectivity index (χ2v) is 3.90. The van der Waals surface area contributed by atoms with E-state index in [-0.39, 0.29) is 0 Å². The van der Waals surface area contributed by atoms with Gasteiger partial charge >= 0.3 is 0 Å². The molecule has 2 fully saturated rings. The molecular weight excluding hydrogens is 98.1 g/mol. The first-order valence-corrected chi connectivity index (χ1v) is 3.37. The quantitative estimate of drug-likeness (QED) is 0.492. The van der Waals surface area contributed by atoms with Crippen LogP contribution in [0.3, 0.4) is 0 Å². The number of hydrogen-bond donors (Lipinski definition) is 1. The van der Waals surface area contributed by atoms with Crippen LogP contribution in [0.4, 0.5) is 0 Å². The third-order valence-electron chi connectivity index (χ3n) is 3.14. The lowest BCUT2D eigenvalue weighted by atomic mass is 10.0. The average Bonchev–Trinajstić information content (AvgIpc) is 2.00. The topological polar surface area (TPSA) is 12.0 Å². The van der Waals surface area contributed by atoms with Crippen LogP contribution in [0.5, 0.6) is 0 Å². The van der Waals surface area contributed by atoms with Crippen LogP contribution in [0.2, 0.25) is 0 Å². The monoisotopic (exact) mass is 111 g/mol. The third-order valence-corrected chi connectivity index (χ3v) is 3.14. The lowest BCUT2D eigenvalue weighted by Crippen LogP contribution is -2.14. The minimum absolute atomic E-state index is 0.688. The van der Waals surface area contributed by atoms with Crippen molar-refractivity contribution in [2.45, 2.75) is 20.3 Å². The summed E-state index contributed by atoms with van der Waals surface area (Å²) in [6.07, 6.45) is 1.45. The average molecular weight is 111 g/mol.